The van der Waals surface area contributed by atoms with Crippen LogP contribution in [0.4, 0.5) is 24.5 Å². The molecule has 0 aliphatic heterocycles. The highest BCUT2D eigenvalue weighted by atomic mass is 35.5. The van der Waals surface area contributed by atoms with E-state index in [4.69, 9.17) is 16.3 Å². The predicted molar refractivity (Wildman–Crippen MR) is 95.9 cm³/mol. The number of carbonyl (C=O) groups excluding carboxylic acids is 2. The van der Waals surface area contributed by atoms with E-state index in [0.717, 1.165) is 18.2 Å². The van der Waals surface area contributed by atoms with Crippen LogP contribution in [-0.4, -0.2) is 18.4 Å². The minimum Gasteiger partial charge on any atom is -0.491 e. The van der Waals surface area contributed by atoms with Crippen molar-refractivity contribution in [2.75, 3.05) is 17.2 Å². The lowest BCUT2D eigenvalue weighted by Gasteiger charge is -2.15. The summed E-state index contributed by atoms with van der Waals surface area (Å²) >= 11 is 5.93. The fourth-order valence-electron chi connectivity index (χ4n) is 2.15. The van der Waals surface area contributed by atoms with Crippen LogP contribution in [0.1, 0.15) is 18.9 Å². The summed E-state index contributed by atoms with van der Waals surface area (Å²) in [4.78, 5) is 23.3. The van der Waals surface area contributed by atoms with E-state index in [0.29, 0.717) is 10.8 Å². The van der Waals surface area contributed by atoms with E-state index in [-0.39, 0.29) is 24.4 Å². The van der Waals surface area contributed by atoms with Gasteiger partial charge in [0, 0.05) is 6.92 Å². The van der Waals surface area contributed by atoms with E-state index >= 15 is 0 Å². The first-order chi connectivity index (χ1) is 12.7. The number of ether oxygens (including phenoxy) is 1. The third-order valence-corrected chi connectivity index (χ3v) is 3.67. The number of hydrogen-bond acceptors (Lipinski definition) is 3. The molecule has 0 aromatic heterocycles. The molecule has 0 radical (unpaired) electrons. The Morgan fingerprint density at radius 3 is 2.41 bits per heavy atom. The van der Waals surface area contributed by atoms with Crippen LogP contribution in [0.3, 0.4) is 0 Å². The number of para-hydroxylation sites is 1. The molecule has 144 valence electrons. The van der Waals surface area contributed by atoms with Gasteiger partial charge in [0.25, 0.3) is 0 Å². The second-order valence-corrected chi connectivity index (χ2v) is 5.92. The van der Waals surface area contributed by atoms with E-state index < -0.39 is 23.6 Å². The van der Waals surface area contributed by atoms with Gasteiger partial charge in [-0.2, -0.15) is 13.2 Å². The molecule has 5 nitrogen and oxygen atoms in total. The van der Waals surface area contributed by atoms with Crippen LogP contribution in [0, 0.1) is 0 Å². The monoisotopic (exact) mass is 400 g/mol. The molecule has 0 saturated heterocycles. The van der Waals surface area contributed by atoms with Gasteiger partial charge >= 0.3 is 6.18 Å². The van der Waals surface area contributed by atoms with Crippen molar-refractivity contribution in [1.29, 1.82) is 0 Å². The number of benzene rings is 2. The fourth-order valence-corrected chi connectivity index (χ4v) is 2.34. The Balaban J connectivity index is 2.06. The second kappa shape index (κ2) is 8.77. The number of anilines is 2. The van der Waals surface area contributed by atoms with Gasteiger partial charge in [0.15, 0.2) is 0 Å². The Kier molecular flexibility index (Phi) is 6.68. The van der Waals surface area contributed by atoms with Crippen molar-refractivity contribution in [3.05, 3.63) is 53.1 Å². The van der Waals surface area contributed by atoms with Gasteiger partial charge in [0.2, 0.25) is 11.8 Å². The third kappa shape index (κ3) is 6.18. The van der Waals surface area contributed by atoms with Crippen LogP contribution in [0.15, 0.2) is 42.5 Å². The van der Waals surface area contributed by atoms with Crippen molar-refractivity contribution < 1.29 is 27.5 Å². The number of amides is 2. The maximum Gasteiger partial charge on any atom is 0.416 e. The summed E-state index contributed by atoms with van der Waals surface area (Å²) < 4.78 is 44.1. The number of alkyl halides is 3. The molecule has 0 aliphatic carbocycles. The van der Waals surface area contributed by atoms with E-state index in [9.17, 15) is 22.8 Å². The van der Waals surface area contributed by atoms with E-state index in [1.807, 2.05) is 0 Å². The molecule has 0 saturated carbocycles. The quantitative estimate of drug-likeness (QED) is 0.737. The van der Waals surface area contributed by atoms with Crippen molar-refractivity contribution in [2.45, 2.75) is 19.5 Å². The fraction of sp³-hybridized carbons (Fsp3) is 0.222. The zero-order valence-electron chi connectivity index (χ0n) is 14.2. The van der Waals surface area contributed by atoms with Crippen LogP contribution < -0.4 is 15.4 Å². The number of halogens is 4. The lowest BCUT2D eigenvalue weighted by molar-refractivity contribution is -0.137. The lowest BCUT2D eigenvalue weighted by Crippen LogP contribution is -2.18. The maximum atomic E-state index is 12.9. The summed E-state index contributed by atoms with van der Waals surface area (Å²) in [5, 5.41) is 5.12. The molecular weight excluding hydrogens is 385 g/mol. The average Bonchev–Trinajstić information content (AvgIpc) is 2.57. The molecule has 27 heavy (non-hydrogen) atoms. The topological polar surface area (TPSA) is 67.4 Å². The van der Waals surface area contributed by atoms with E-state index in [1.54, 1.807) is 24.3 Å². The first-order valence-electron chi connectivity index (χ1n) is 7.83. The molecule has 0 bridgehead atoms. The van der Waals surface area contributed by atoms with E-state index in [2.05, 4.69) is 10.6 Å². The summed E-state index contributed by atoms with van der Waals surface area (Å²) in [7, 11) is 0. The molecule has 0 atom stereocenters. The zero-order valence-corrected chi connectivity index (χ0v) is 14.9. The molecule has 2 amide bonds. The zero-order chi connectivity index (χ0) is 20.0. The summed E-state index contributed by atoms with van der Waals surface area (Å²) in [6.45, 7) is 1.19. The molecule has 2 aromatic rings. The third-order valence-electron chi connectivity index (χ3n) is 3.36. The Morgan fingerprint density at radius 1 is 1.07 bits per heavy atom. The van der Waals surface area contributed by atoms with Gasteiger partial charge in [-0.05, 0) is 30.3 Å². The molecule has 2 N–H and O–H groups in total. The van der Waals surface area contributed by atoms with Gasteiger partial charge in [-0.25, -0.2) is 0 Å². The van der Waals surface area contributed by atoms with Crippen molar-refractivity contribution >= 4 is 34.8 Å². The minimum absolute atomic E-state index is 0.0238. The molecule has 2 rings (SSSR count). The summed E-state index contributed by atoms with van der Waals surface area (Å²) in [6.07, 6.45) is -4.71. The SMILES string of the molecule is CC(=O)Nc1ccc(C(F)(F)F)cc1NC(=O)CCOc1ccccc1Cl. The van der Waals surface area contributed by atoms with Gasteiger partial charge in [-0.15, -0.1) is 0 Å². The van der Waals surface area contributed by atoms with Crippen molar-refractivity contribution in [2.24, 2.45) is 0 Å². The molecule has 0 aliphatic rings. The van der Waals surface area contributed by atoms with E-state index in [1.165, 1.54) is 6.92 Å². The molecule has 0 unspecified atom stereocenters. The van der Waals surface area contributed by atoms with Crippen LogP contribution in [0.2, 0.25) is 5.02 Å². The average molecular weight is 401 g/mol. The largest absolute Gasteiger partial charge is 0.491 e. The maximum absolute atomic E-state index is 12.9. The molecular formula is C18H16ClF3N2O3. The van der Waals surface area contributed by atoms with Gasteiger partial charge < -0.3 is 15.4 Å². The molecule has 0 fully saturated rings. The first kappa shape index (κ1) is 20.6. The Labute approximate surface area is 158 Å². The number of nitrogens with one attached hydrogen (secondary N) is 2. The molecule has 0 heterocycles. The van der Waals surface area contributed by atoms with Crippen LogP contribution >= 0.6 is 11.6 Å². The Morgan fingerprint density at radius 2 is 1.78 bits per heavy atom. The molecule has 0 spiro atoms. The summed E-state index contributed by atoms with van der Waals surface area (Å²) in [5.74, 6) is -0.662. The van der Waals surface area contributed by atoms with Gasteiger partial charge in [0.05, 0.1) is 35.0 Å². The lowest BCUT2D eigenvalue weighted by atomic mass is 10.1. The minimum atomic E-state index is -4.58. The van der Waals surface area contributed by atoms with Gasteiger partial charge in [-0.1, -0.05) is 23.7 Å². The smallest absolute Gasteiger partial charge is 0.416 e. The Bertz CT molecular complexity index is 841. The highest BCUT2D eigenvalue weighted by Gasteiger charge is 2.31. The highest BCUT2D eigenvalue weighted by Crippen LogP contribution is 2.34. The van der Waals surface area contributed by atoms with Gasteiger partial charge in [-0.3, -0.25) is 9.59 Å². The molecule has 9 heteroatoms. The Hall–Kier alpha value is -2.74. The van der Waals surface area contributed by atoms with Crippen LogP contribution in [-0.2, 0) is 15.8 Å². The normalized spacial score (nSPS) is 11.0. The van der Waals surface area contributed by atoms with Crippen molar-refractivity contribution in [3.8, 4) is 5.75 Å². The van der Waals surface area contributed by atoms with Crippen LogP contribution in [0.25, 0.3) is 0 Å². The standard InChI is InChI=1S/C18H16ClF3N2O3/c1-11(25)23-14-7-6-12(18(20,21)22)10-15(14)24-17(26)8-9-27-16-5-3-2-4-13(16)19/h2-7,10H,8-9H2,1H3,(H,23,25)(H,24,26). The highest BCUT2D eigenvalue weighted by molar-refractivity contribution is 6.32. The predicted octanol–water partition coefficient (Wildman–Crippen LogP) is 4.72. The second-order valence-electron chi connectivity index (χ2n) is 5.52. The first-order valence-corrected chi connectivity index (χ1v) is 8.20. The van der Waals surface area contributed by atoms with Crippen molar-refractivity contribution in [3.63, 3.8) is 0 Å². The number of carbonyl (C=O) groups is 2. The van der Waals surface area contributed by atoms with Crippen molar-refractivity contribution in [1.82, 2.24) is 0 Å². The number of hydrogen-bond donors (Lipinski definition) is 2. The van der Waals surface area contributed by atoms with Crippen LogP contribution in [0.5, 0.6) is 5.75 Å². The van der Waals surface area contributed by atoms with Gasteiger partial charge in [0.1, 0.15) is 5.75 Å². The summed E-state index contributed by atoms with van der Waals surface area (Å²) in [6, 6.07) is 9.35. The molecule has 2 aromatic carbocycles. The summed E-state index contributed by atoms with van der Waals surface area (Å²) in [5.41, 5.74) is -1.03. The number of rotatable bonds is 6.